The molecular formula is C22H28N2O4S. The number of hydrogen-bond acceptors (Lipinski definition) is 4. The first-order valence-corrected chi connectivity index (χ1v) is 11.6. The molecule has 0 radical (unpaired) electrons. The van der Waals surface area contributed by atoms with E-state index in [1.54, 1.807) is 0 Å². The highest BCUT2D eigenvalue weighted by Gasteiger charge is 2.30. The summed E-state index contributed by atoms with van der Waals surface area (Å²) >= 11 is 0. The van der Waals surface area contributed by atoms with Crippen molar-refractivity contribution in [2.45, 2.75) is 25.2 Å². The number of piperidine rings is 1. The number of amides is 1. The van der Waals surface area contributed by atoms with E-state index < -0.39 is 10.0 Å². The van der Waals surface area contributed by atoms with E-state index in [1.807, 2.05) is 60.7 Å². The third-order valence-corrected chi connectivity index (χ3v) is 6.92. The Morgan fingerprint density at radius 2 is 1.55 bits per heavy atom. The SMILES string of the molecule is O=C(NCCOCc1ccccc1)C1CCN(S(=O)(=O)Cc2ccccc2)CC1. The summed E-state index contributed by atoms with van der Waals surface area (Å²) in [6.07, 6.45) is 1.09. The van der Waals surface area contributed by atoms with E-state index in [0.29, 0.717) is 45.7 Å². The molecular weight excluding hydrogens is 388 g/mol. The number of nitrogens with zero attached hydrogens (tertiary/aromatic N) is 1. The summed E-state index contributed by atoms with van der Waals surface area (Å²) in [6.45, 7) is 2.20. The minimum atomic E-state index is -3.35. The second kappa shape index (κ2) is 10.5. The van der Waals surface area contributed by atoms with Crippen molar-refractivity contribution in [2.75, 3.05) is 26.2 Å². The highest BCUT2D eigenvalue weighted by molar-refractivity contribution is 7.88. The summed E-state index contributed by atoms with van der Waals surface area (Å²) in [5, 5.41) is 2.90. The molecule has 0 spiro atoms. The number of hydrogen-bond donors (Lipinski definition) is 1. The predicted molar refractivity (Wildman–Crippen MR) is 112 cm³/mol. The van der Waals surface area contributed by atoms with Gasteiger partial charge in [-0.2, -0.15) is 0 Å². The molecule has 6 nitrogen and oxygen atoms in total. The standard InChI is InChI=1S/C22H28N2O4S/c25-22(23-13-16-28-17-19-7-3-1-4-8-19)21-11-14-24(15-12-21)29(26,27)18-20-9-5-2-6-10-20/h1-10,21H,11-18H2,(H,23,25). The molecule has 1 N–H and O–H groups in total. The van der Waals surface area contributed by atoms with Crippen molar-refractivity contribution in [3.63, 3.8) is 0 Å². The second-order valence-corrected chi connectivity index (χ2v) is 9.21. The van der Waals surface area contributed by atoms with Gasteiger partial charge in [0, 0.05) is 25.6 Å². The molecule has 7 heteroatoms. The summed E-state index contributed by atoms with van der Waals surface area (Å²) in [4.78, 5) is 12.3. The van der Waals surface area contributed by atoms with Crippen LogP contribution >= 0.6 is 0 Å². The maximum Gasteiger partial charge on any atom is 0.223 e. The molecule has 0 bridgehead atoms. The molecule has 0 atom stereocenters. The molecule has 0 aromatic heterocycles. The van der Waals surface area contributed by atoms with Crippen LogP contribution in [0, 0.1) is 5.92 Å². The highest BCUT2D eigenvalue weighted by atomic mass is 32.2. The van der Waals surface area contributed by atoms with E-state index in [4.69, 9.17) is 4.74 Å². The zero-order valence-electron chi connectivity index (χ0n) is 16.5. The van der Waals surface area contributed by atoms with E-state index in [1.165, 1.54) is 4.31 Å². The average molecular weight is 417 g/mol. The van der Waals surface area contributed by atoms with Gasteiger partial charge in [0.1, 0.15) is 0 Å². The van der Waals surface area contributed by atoms with E-state index in [-0.39, 0.29) is 17.6 Å². The zero-order chi connectivity index (χ0) is 20.5. The van der Waals surface area contributed by atoms with Crippen molar-refractivity contribution in [3.05, 3.63) is 71.8 Å². The fourth-order valence-electron chi connectivity index (χ4n) is 3.43. The van der Waals surface area contributed by atoms with E-state index in [9.17, 15) is 13.2 Å². The normalized spacial score (nSPS) is 15.9. The minimum absolute atomic E-state index is 0.00343. The van der Waals surface area contributed by atoms with Crippen LogP contribution in [0.2, 0.25) is 0 Å². The van der Waals surface area contributed by atoms with Crippen LogP contribution in [0.25, 0.3) is 0 Å². The van der Waals surface area contributed by atoms with Crippen LogP contribution in [0.4, 0.5) is 0 Å². The lowest BCUT2D eigenvalue weighted by atomic mass is 9.97. The number of ether oxygens (including phenoxy) is 1. The van der Waals surface area contributed by atoms with Gasteiger partial charge >= 0.3 is 0 Å². The Hall–Kier alpha value is -2.22. The van der Waals surface area contributed by atoms with E-state index in [0.717, 1.165) is 11.1 Å². The number of carbonyl (C=O) groups excluding carboxylic acids is 1. The number of nitrogens with one attached hydrogen (secondary N) is 1. The van der Waals surface area contributed by atoms with E-state index in [2.05, 4.69) is 5.32 Å². The van der Waals surface area contributed by atoms with Gasteiger partial charge in [-0.25, -0.2) is 12.7 Å². The Bertz CT molecular complexity index is 864. The first kappa shape index (κ1) is 21.5. The fraction of sp³-hybridized carbons (Fsp3) is 0.409. The molecule has 1 saturated heterocycles. The van der Waals surface area contributed by atoms with Gasteiger partial charge in [0.15, 0.2) is 0 Å². The Labute approximate surface area is 172 Å². The molecule has 0 aliphatic carbocycles. The van der Waals surface area contributed by atoms with Crippen molar-refractivity contribution in [2.24, 2.45) is 5.92 Å². The first-order chi connectivity index (χ1) is 14.0. The Morgan fingerprint density at radius 1 is 0.966 bits per heavy atom. The van der Waals surface area contributed by atoms with Crippen molar-refractivity contribution in [1.29, 1.82) is 0 Å². The van der Waals surface area contributed by atoms with Crippen LogP contribution in [0.1, 0.15) is 24.0 Å². The molecule has 29 heavy (non-hydrogen) atoms. The maximum atomic E-state index is 12.6. The van der Waals surface area contributed by atoms with Gasteiger partial charge in [-0.15, -0.1) is 0 Å². The largest absolute Gasteiger partial charge is 0.375 e. The van der Waals surface area contributed by atoms with Gasteiger partial charge in [0.2, 0.25) is 15.9 Å². The molecule has 3 rings (SSSR count). The summed E-state index contributed by atoms with van der Waals surface area (Å²) in [6, 6.07) is 19.1. The van der Waals surface area contributed by atoms with Crippen LogP contribution in [0.3, 0.4) is 0 Å². The van der Waals surface area contributed by atoms with Gasteiger partial charge in [0.05, 0.1) is 19.0 Å². The highest BCUT2D eigenvalue weighted by Crippen LogP contribution is 2.21. The zero-order valence-corrected chi connectivity index (χ0v) is 17.3. The van der Waals surface area contributed by atoms with Gasteiger partial charge in [-0.05, 0) is 24.0 Å². The van der Waals surface area contributed by atoms with Crippen molar-refractivity contribution in [3.8, 4) is 0 Å². The monoisotopic (exact) mass is 416 g/mol. The quantitative estimate of drug-likeness (QED) is 0.638. The fourth-order valence-corrected chi connectivity index (χ4v) is 4.99. The first-order valence-electron chi connectivity index (χ1n) is 9.96. The van der Waals surface area contributed by atoms with E-state index >= 15 is 0 Å². The predicted octanol–water partition coefficient (Wildman–Crippen LogP) is 2.56. The van der Waals surface area contributed by atoms with Gasteiger partial charge < -0.3 is 10.1 Å². The number of carbonyl (C=O) groups is 1. The third kappa shape index (κ3) is 6.66. The lowest BCUT2D eigenvalue weighted by molar-refractivity contribution is -0.126. The molecule has 2 aromatic carbocycles. The van der Waals surface area contributed by atoms with Crippen molar-refractivity contribution < 1.29 is 17.9 Å². The van der Waals surface area contributed by atoms with Crippen molar-refractivity contribution >= 4 is 15.9 Å². The van der Waals surface area contributed by atoms with Crippen LogP contribution < -0.4 is 5.32 Å². The third-order valence-electron chi connectivity index (χ3n) is 5.07. The van der Waals surface area contributed by atoms with Gasteiger partial charge in [-0.3, -0.25) is 4.79 Å². The summed E-state index contributed by atoms with van der Waals surface area (Å²) < 4.78 is 32.3. The van der Waals surface area contributed by atoms with Gasteiger partial charge in [-0.1, -0.05) is 60.7 Å². The number of benzene rings is 2. The molecule has 1 amide bonds. The molecule has 156 valence electrons. The molecule has 1 heterocycles. The number of rotatable bonds is 9. The second-order valence-electron chi connectivity index (χ2n) is 7.24. The minimum Gasteiger partial charge on any atom is -0.375 e. The molecule has 1 fully saturated rings. The maximum absolute atomic E-state index is 12.6. The van der Waals surface area contributed by atoms with Crippen LogP contribution in [0.5, 0.6) is 0 Å². The summed E-state index contributed by atoms with van der Waals surface area (Å²) in [7, 11) is -3.35. The van der Waals surface area contributed by atoms with Gasteiger partial charge in [0.25, 0.3) is 0 Å². The van der Waals surface area contributed by atoms with Crippen molar-refractivity contribution in [1.82, 2.24) is 9.62 Å². The molecule has 2 aromatic rings. The summed E-state index contributed by atoms with van der Waals surface area (Å²) in [5.74, 6) is -0.163. The molecule has 0 saturated carbocycles. The molecule has 1 aliphatic heterocycles. The van der Waals surface area contributed by atoms with Crippen LogP contribution in [0.15, 0.2) is 60.7 Å². The molecule has 1 aliphatic rings. The smallest absolute Gasteiger partial charge is 0.223 e. The lowest BCUT2D eigenvalue weighted by Crippen LogP contribution is -2.43. The topological polar surface area (TPSA) is 75.7 Å². The summed E-state index contributed by atoms with van der Waals surface area (Å²) in [5.41, 5.74) is 1.88. The van der Waals surface area contributed by atoms with Crippen LogP contribution in [-0.2, 0) is 31.9 Å². The Balaban J connectivity index is 1.35. The van der Waals surface area contributed by atoms with Crippen LogP contribution in [-0.4, -0.2) is 44.9 Å². The number of sulfonamides is 1. The Morgan fingerprint density at radius 3 is 2.17 bits per heavy atom. The Kier molecular flexibility index (Phi) is 7.80. The average Bonchev–Trinajstić information content (AvgIpc) is 2.74. The molecule has 0 unspecified atom stereocenters. The lowest BCUT2D eigenvalue weighted by Gasteiger charge is -2.30.